The van der Waals surface area contributed by atoms with E-state index in [0.717, 1.165) is 32.2 Å². The molecule has 1 aromatic heterocycles. The summed E-state index contributed by atoms with van der Waals surface area (Å²) in [5.41, 5.74) is 0.636. The minimum Gasteiger partial charge on any atom is -0.345 e. The molecule has 1 aliphatic heterocycles. The predicted octanol–water partition coefficient (Wildman–Crippen LogP) is 1.70. The average Bonchev–Trinajstić information content (AvgIpc) is 2.84. The van der Waals surface area contributed by atoms with E-state index < -0.39 is 0 Å². The molecule has 0 radical (unpaired) electrons. The highest BCUT2D eigenvalue weighted by Crippen LogP contribution is 2.10. The minimum atomic E-state index is 0.204. The first-order valence-corrected chi connectivity index (χ1v) is 6.19. The second kappa shape index (κ2) is 5.66. The number of hydrogen-bond acceptors (Lipinski definition) is 2. The standard InChI is InChI=1S/C13H18N2O2/c16-11-12-5-4-9-14(12)10-6-13(17)15-7-2-1-3-8-15/h4-5,9,11H,1-3,6-8,10H2. The van der Waals surface area contributed by atoms with Gasteiger partial charge in [-0.3, -0.25) is 9.59 Å². The van der Waals surface area contributed by atoms with Crippen molar-refractivity contribution in [2.24, 2.45) is 0 Å². The third-order valence-corrected chi connectivity index (χ3v) is 3.26. The third-order valence-electron chi connectivity index (χ3n) is 3.26. The van der Waals surface area contributed by atoms with Gasteiger partial charge in [0, 0.05) is 32.3 Å². The topological polar surface area (TPSA) is 42.3 Å². The van der Waals surface area contributed by atoms with Crippen LogP contribution in [-0.4, -0.2) is 34.7 Å². The molecule has 1 saturated heterocycles. The summed E-state index contributed by atoms with van der Waals surface area (Å²) in [5, 5.41) is 0. The summed E-state index contributed by atoms with van der Waals surface area (Å²) in [6.07, 6.45) is 6.62. The molecule has 1 amide bonds. The molecule has 2 rings (SSSR count). The third kappa shape index (κ3) is 2.96. The summed E-state index contributed by atoms with van der Waals surface area (Å²) in [7, 11) is 0. The molecule has 1 aromatic rings. The van der Waals surface area contributed by atoms with Gasteiger partial charge in [0.1, 0.15) is 0 Å². The van der Waals surface area contributed by atoms with E-state index in [-0.39, 0.29) is 5.91 Å². The van der Waals surface area contributed by atoms with Crippen molar-refractivity contribution in [3.63, 3.8) is 0 Å². The zero-order chi connectivity index (χ0) is 12.1. The number of carbonyl (C=O) groups excluding carboxylic acids is 2. The van der Waals surface area contributed by atoms with Crippen molar-refractivity contribution in [2.45, 2.75) is 32.2 Å². The summed E-state index contributed by atoms with van der Waals surface area (Å²) in [6.45, 7) is 2.38. The molecule has 0 saturated carbocycles. The summed E-state index contributed by atoms with van der Waals surface area (Å²) in [6, 6.07) is 3.59. The molecule has 0 bridgehead atoms. The molecule has 0 unspecified atom stereocenters. The van der Waals surface area contributed by atoms with E-state index in [1.807, 2.05) is 21.7 Å². The van der Waals surface area contributed by atoms with Gasteiger partial charge in [0.25, 0.3) is 0 Å². The SMILES string of the molecule is O=Cc1cccn1CCC(=O)N1CCCCC1. The van der Waals surface area contributed by atoms with Crippen LogP contribution in [0.4, 0.5) is 0 Å². The molecular weight excluding hydrogens is 216 g/mol. The first-order chi connectivity index (χ1) is 8.31. The largest absolute Gasteiger partial charge is 0.345 e. The maximum atomic E-state index is 11.9. The fraction of sp³-hybridized carbons (Fsp3) is 0.538. The number of likely N-dealkylation sites (tertiary alicyclic amines) is 1. The van der Waals surface area contributed by atoms with Crippen molar-refractivity contribution in [3.05, 3.63) is 24.0 Å². The van der Waals surface area contributed by atoms with Gasteiger partial charge >= 0.3 is 0 Å². The van der Waals surface area contributed by atoms with Crippen molar-refractivity contribution >= 4 is 12.2 Å². The molecule has 1 aliphatic rings. The van der Waals surface area contributed by atoms with Crippen molar-refractivity contribution in [2.75, 3.05) is 13.1 Å². The molecule has 0 N–H and O–H groups in total. The highest BCUT2D eigenvalue weighted by Gasteiger charge is 2.16. The van der Waals surface area contributed by atoms with E-state index in [1.165, 1.54) is 6.42 Å². The van der Waals surface area contributed by atoms with Crippen LogP contribution in [0, 0.1) is 0 Å². The molecule has 92 valence electrons. The number of aromatic nitrogens is 1. The Balaban J connectivity index is 1.85. The number of aldehydes is 1. The van der Waals surface area contributed by atoms with E-state index in [4.69, 9.17) is 0 Å². The van der Waals surface area contributed by atoms with E-state index in [0.29, 0.717) is 18.7 Å². The second-order valence-corrected chi connectivity index (χ2v) is 4.44. The molecule has 2 heterocycles. The van der Waals surface area contributed by atoms with Gasteiger partial charge < -0.3 is 9.47 Å². The molecular formula is C13H18N2O2. The summed E-state index contributed by atoms with van der Waals surface area (Å²) < 4.78 is 1.83. The Morgan fingerprint density at radius 1 is 1.29 bits per heavy atom. The number of carbonyl (C=O) groups is 2. The molecule has 0 aromatic carbocycles. The van der Waals surface area contributed by atoms with E-state index in [1.54, 1.807) is 6.07 Å². The Bertz CT molecular complexity index is 392. The Kier molecular flexibility index (Phi) is 3.96. The fourth-order valence-corrected chi connectivity index (χ4v) is 2.26. The molecule has 4 heteroatoms. The maximum Gasteiger partial charge on any atom is 0.224 e. The zero-order valence-electron chi connectivity index (χ0n) is 9.97. The van der Waals surface area contributed by atoms with Crippen LogP contribution in [0.5, 0.6) is 0 Å². The van der Waals surface area contributed by atoms with Crippen molar-refractivity contribution in [1.29, 1.82) is 0 Å². The lowest BCUT2D eigenvalue weighted by molar-refractivity contribution is -0.132. The molecule has 17 heavy (non-hydrogen) atoms. The Labute approximate surface area is 101 Å². The first-order valence-electron chi connectivity index (χ1n) is 6.19. The summed E-state index contributed by atoms with van der Waals surface area (Å²) in [5.74, 6) is 0.204. The minimum absolute atomic E-state index is 0.204. The van der Waals surface area contributed by atoms with Crippen LogP contribution < -0.4 is 0 Å². The molecule has 0 spiro atoms. The number of nitrogens with zero attached hydrogens (tertiary/aromatic N) is 2. The number of piperidine rings is 1. The normalized spacial score (nSPS) is 15.9. The van der Waals surface area contributed by atoms with E-state index >= 15 is 0 Å². The summed E-state index contributed by atoms with van der Waals surface area (Å²) in [4.78, 5) is 24.6. The lowest BCUT2D eigenvalue weighted by atomic mass is 10.1. The van der Waals surface area contributed by atoms with Gasteiger partial charge in [0.2, 0.25) is 5.91 Å². The lowest BCUT2D eigenvalue weighted by Gasteiger charge is -2.26. The van der Waals surface area contributed by atoms with Crippen LogP contribution in [0.3, 0.4) is 0 Å². The van der Waals surface area contributed by atoms with Crippen LogP contribution in [-0.2, 0) is 11.3 Å². The van der Waals surface area contributed by atoms with Gasteiger partial charge in [0.05, 0.1) is 5.69 Å². The van der Waals surface area contributed by atoms with Crippen LogP contribution in [0.15, 0.2) is 18.3 Å². The number of hydrogen-bond donors (Lipinski definition) is 0. The monoisotopic (exact) mass is 234 g/mol. The summed E-state index contributed by atoms with van der Waals surface area (Å²) >= 11 is 0. The average molecular weight is 234 g/mol. The smallest absolute Gasteiger partial charge is 0.224 e. The number of aryl methyl sites for hydroxylation is 1. The molecule has 0 aliphatic carbocycles. The number of amides is 1. The van der Waals surface area contributed by atoms with E-state index in [2.05, 4.69) is 0 Å². The van der Waals surface area contributed by atoms with Gasteiger partial charge in [-0.2, -0.15) is 0 Å². The highest BCUT2D eigenvalue weighted by atomic mass is 16.2. The van der Waals surface area contributed by atoms with Crippen LogP contribution >= 0.6 is 0 Å². The Hall–Kier alpha value is -1.58. The van der Waals surface area contributed by atoms with Gasteiger partial charge in [-0.1, -0.05) is 0 Å². The quantitative estimate of drug-likeness (QED) is 0.744. The van der Waals surface area contributed by atoms with Gasteiger partial charge in [-0.25, -0.2) is 0 Å². The fourth-order valence-electron chi connectivity index (χ4n) is 2.26. The predicted molar refractivity (Wildman–Crippen MR) is 64.9 cm³/mol. The number of rotatable bonds is 4. The second-order valence-electron chi connectivity index (χ2n) is 4.44. The van der Waals surface area contributed by atoms with Crippen LogP contribution in [0.25, 0.3) is 0 Å². The maximum absolute atomic E-state index is 11.9. The van der Waals surface area contributed by atoms with Crippen molar-refractivity contribution < 1.29 is 9.59 Å². The lowest BCUT2D eigenvalue weighted by Crippen LogP contribution is -2.36. The highest BCUT2D eigenvalue weighted by molar-refractivity contribution is 5.76. The van der Waals surface area contributed by atoms with Crippen LogP contribution in [0.2, 0.25) is 0 Å². The molecule has 1 fully saturated rings. The molecule has 0 atom stereocenters. The van der Waals surface area contributed by atoms with E-state index in [9.17, 15) is 9.59 Å². The van der Waals surface area contributed by atoms with Gasteiger partial charge in [0.15, 0.2) is 6.29 Å². The van der Waals surface area contributed by atoms with Crippen molar-refractivity contribution in [3.8, 4) is 0 Å². The Morgan fingerprint density at radius 2 is 2.06 bits per heavy atom. The zero-order valence-corrected chi connectivity index (χ0v) is 9.97. The van der Waals surface area contributed by atoms with Gasteiger partial charge in [-0.15, -0.1) is 0 Å². The molecule has 4 nitrogen and oxygen atoms in total. The first kappa shape index (κ1) is 11.9. The van der Waals surface area contributed by atoms with Crippen LogP contribution in [0.1, 0.15) is 36.2 Å². The van der Waals surface area contributed by atoms with Gasteiger partial charge in [-0.05, 0) is 31.4 Å². The van der Waals surface area contributed by atoms with Crippen molar-refractivity contribution in [1.82, 2.24) is 9.47 Å². The Morgan fingerprint density at radius 3 is 2.76 bits per heavy atom.